The number of nitrogens with one attached hydrogen (secondary N) is 1. The number of aryl methyl sites for hydroxylation is 1. The number of carbonyl (C=O) groups excluding carboxylic acids is 2. The van der Waals surface area contributed by atoms with Crippen LogP contribution >= 0.6 is 0 Å². The van der Waals surface area contributed by atoms with Crippen LogP contribution < -0.4 is 11.1 Å². The van der Waals surface area contributed by atoms with E-state index in [1.165, 1.54) is 6.92 Å². The van der Waals surface area contributed by atoms with E-state index in [4.69, 9.17) is 4.42 Å². The van der Waals surface area contributed by atoms with Gasteiger partial charge < -0.3 is 14.6 Å². The van der Waals surface area contributed by atoms with Crippen LogP contribution in [0, 0.1) is 12.9 Å². The van der Waals surface area contributed by atoms with Crippen LogP contribution in [-0.4, -0.2) is 50.2 Å². The van der Waals surface area contributed by atoms with E-state index in [1.54, 1.807) is 42.5 Å². The summed E-state index contributed by atoms with van der Waals surface area (Å²) in [6.07, 6.45) is -1.63. The lowest BCUT2D eigenvalue weighted by Gasteiger charge is -2.26. The highest BCUT2D eigenvalue weighted by atomic mass is 19.1. The number of benzene rings is 1. The van der Waals surface area contributed by atoms with Crippen LogP contribution in [0.1, 0.15) is 54.9 Å². The van der Waals surface area contributed by atoms with Crippen molar-refractivity contribution in [2.75, 3.05) is 6.54 Å². The van der Waals surface area contributed by atoms with Crippen molar-refractivity contribution in [3.05, 3.63) is 81.7 Å². The summed E-state index contributed by atoms with van der Waals surface area (Å²) in [6.45, 7) is 4.38. The summed E-state index contributed by atoms with van der Waals surface area (Å²) in [5.41, 5.74) is 1.36. The van der Waals surface area contributed by atoms with Crippen molar-refractivity contribution in [2.24, 2.45) is 0 Å². The van der Waals surface area contributed by atoms with E-state index in [0.29, 0.717) is 11.1 Å². The van der Waals surface area contributed by atoms with Gasteiger partial charge in [0.15, 0.2) is 0 Å². The zero-order chi connectivity index (χ0) is 26.0. The number of pyridine rings is 1. The Hall–Kier alpha value is -3.89. The van der Waals surface area contributed by atoms with Crippen LogP contribution in [0.25, 0.3) is 0 Å². The number of hydrogen-bond donors (Lipinski definition) is 1. The first-order valence-electron chi connectivity index (χ1n) is 11.6. The fraction of sp³-hybridized carbons (Fsp3) is 0.400. The number of nitrogens with zero attached hydrogens (tertiary/aromatic N) is 4. The molecule has 1 N–H and O–H groups in total. The maximum atomic E-state index is 14.7. The molecule has 190 valence electrons. The van der Waals surface area contributed by atoms with Gasteiger partial charge in [-0.2, -0.15) is 9.07 Å². The highest BCUT2D eigenvalue weighted by Gasteiger charge is 2.41. The molecule has 0 unspecified atom stereocenters. The molecule has 0 radical (unpaired) electrons. The Balaban J connectivity index is 1.59. The van der Waals surface area contributed by atoms with Crippen LogP contribution in [0.2, 0.25) is 0 Å². The molecule has 1 aliphatic heterocycles. The number of alkyl halides is 1. The highest BCUT2D eigenvalue weighted by Crippen LogP contribution is 2.26. The Kier molecular flexibility index (Phi) is 7.27. The Labute approximate surface area is 206 Å². The number of carbonyl (C=O) groups is 2. The average molecular weight is 500 g/mol. The summed E-state index contributed by atoms with van der Waals surface area (Å²) < 4.78 is 34.7. The predicted octanol–water partition coefficient (Wildman–Crippen LogP) is 2.65. The molecule has 1 saturated heterocycles. The van der Waals surface area contributed by atoms with E-state index in [9.17, 15) is 23.2 Å². The quantitative estimate of drug-likeness (QED) is 0.501. The van der Waals surface area contributed by atoms with Crippen LogP contribution in [0.4, 0.5) is 8.78 Å². The Morgan fingerprint density at radius 3 is 2.53 bits per heavy atom. The van der Waals surface area contributed by atoms with E-state index < -0.39 is 48.3 Å². The minimum absolute atomic E-state index is 0.0723. The zero-order valence-electron chi connectivity index (χ0n) is 20.1. The largest absolute Gasteiger partial charge is 0.437 e. The SMILES string of the molecule is Cc1nn(CC(=O)N2C[C@H](F)C[C@H]2C(=O)N[C@@H](c2ccccc2)c2ccc(C(C)C)c(F)n2)c(=O)o1. The van der Waals surface area contributed by atoms with Gasteiger partial charge in [0.2, 0.25) is 23.7 Å². The minimum atomic E-state index is -1.42. The van der Waals surface area contributed by atoms with E-state index in [1.807, 2.05) is 13.8 Å². The molecule has 2 amide bonds. The zero-order valence-corrected chi connectivity index (χ0v) is 20.1. The Morgan fingerprint density at radius 1 is 1.19 bits per heavy atom. The van der Waals surface area contributed by atoms with Crippen molar-refractivity contribution in [3.8, 4) is 0 Å². The number of rotatable bonds is 7. The molecular weight excluding hydrogens is 472 g/mol. The number of halogens is 2. The minimum Gasteiger partial charge on any atom is -0.393 e. The molecule has 36 heavy (non-hydrogen) atoms. The molecule has 4 rings (SSSR count). The molecular formula is C25H27F2N5O4. The molecule has 1 fully saturated rings. The van der Waals surface area contributed by atoms with Gasteiger partial charge in [-0.25, -0.2) is 14.2 Å². The van der Waals surface area contributed by atoms with Gasteiger partial charge >= 0.3 is 5.76 Å². The lowest BCUT2D eigenvalue weighted by molar-refractivity contribution is -0.139. The second-order valence-corrected chi connectivity index (χ2v) is 9.06. The topological polar surface area (TPSA) is 110 Å². The summed E-state index contributed by atoms with van der Waals surface area (Å²) in [5.74, 6) is -2.70. The van der Waals surface area contributed by atoms with Crippen LogP contribution in [-0.2, 0) is 16.1 Å². The molecule has 0 saturated carbocycles. The van der Waals surface area contributed by atoms with Gasteiger partial charge in [0, 0.05) is 18.9 Å². The molecule has 1 aliphatic rings. The number of likely N-dealkylation sites (tertiary alicyclic amines) is 1. The molecule has 0 spiro atoms. The van der Waals surface area contributed by atoms with E-state index in [0.717, 1.165) is 9.58 Å². The first kappa shape index (κ1) is 25.2. The summed E-state index contributed by atoms with van der Waals surface area (Å²) in [4.78, 5) is 43.2. The van der Waals surface area contributed by atoms with Gasteiger partial charge in [-0.3, -0.25) is 9.59 Å². The van der Waals surface area contributed by atoms with Gasteiger partial charge in [-0.05, 0) is 17.5 Å². The summed E-state index contributed by atoms with van der Waals surface area (Å²) >= 11 is 0. The average Bonchev–Trinajstić information content (AvgIpc) is 3.38. The monoisotopic (exact) mass is 499 g/mol. The van der Waals surface area contributed by atoms with Crippen LogP contribution in [0.15, 0.2) is 51.7 Å². The third-order valence-corrected chi connectivity index (χ3v) is 6.10. The summed E-state index contributed by atoms with van der Waals surface area (Å²) in [6, 6.07) is 10.2. The number of hydrogen-bond acceptors (Lipinski definition) is 6. The molecule has 11 heteroatoms. The van der Waals surface area contributed by atoms with Gasteiger partial charge in [0.05, 0.1) is 18.3 Å². The normalized spacial score (nSPS) is 18.4. The summed E-state index contributed by atoms with van der Waals surface area (Å²) in [7, 11) is 0. The second kappa shape index (κ2) is 10.4. The summed E-state index contributed by atoms with van der Waals surface area (Å²) in [5, 5.41) is 6.64. The first-order valence-corrected chi connectivity index (χ1v) is 11.6. The molecule has 3 heterocycles. The van der Waals surface area contributed by atoms with Crippen molar-refractivity contribution < 1.29 is 22.8 Å². The Morgan fingerprint density at radius 2 is 1.92 bits per heavy atom. The third kappa shape index (κ3) is 5.34. The number of aromatic nitrogens is 3. The van der Waals surface area contributed by atoms with Gasteiger partial charge in [-0.1, -0.05) is 50.2 Å². The van der Waals surface area contributed by atoms with E-state index in [-0.39, 0.29) is 30.5 Å². The first-order chi connectivity index (χ1) is 17.1. The lowest BCUT2D eigenvalue weighted by Crippen LogP contribution is -2.48. The smallest absolute Gasteiger partial charge is 0.393 e. The third-order valence-electron chi connectivity index (χ3n) is 6.10. The van der Waals surface area contributed by atoms with Gasteiger partial charge in [0.1, 0.15) is 18.8 Å². The van der Waals surface area contributed by atoms with Crippen LogP contribution in [0.5, 0.6) is 0 Å². The van der Waals surface area contributed by atoms with Crippen LogP contribution in [0.3, 0.4) is 0 Å². The second-order valence-electron chi connectivity index (χ2n) is 9.06. The van der Waals surface area contributed by atoms with Crippen molar-refractivity contribution in [1.82, 2.24) is 25.0 Å². The molecule has 3 atom stereocenters. The predicted molar refractivity (Wildman–Crippen MR) is 125 cm³/mol. The van der Waals surface area contributed by atoms with Crippen molar-refractivity contribution in [2.45, 2.75) is 57.9 Å². The highest BCUT2D eigenvalue weighted by molar-refractivity contribution is 5.88. The van der Waals surface area contributed by atoms with Gasteiger partial charge in [-0.15, -0.1) is 5.10 Å². The van der Waals surface area contributed by atoms with Crippen molar-refractivity contribution in [1.29, 1.82) is 0 Å². The molecule has 0 bridgehead atoms. The number of amides is 2. The maximum absolute atomic E-state index is 14.7. The van der Waals surface area contributed by atoms with Crippen molar-refractivity contribution >= 4 is 11.8 Å². The van der Waals surface area contributed by atoms with Crippen molar-refractivity contribution in [3.63, 3.8) is 0 Å². The molecule has 2 aromatic heterocycles. The fourth-order valence-corrected chi connectivity index (χ4v) is 4.30. The van der Waals surface area contributed by atoms with Gasteiger partial charge in [0.25, 0.3) is 0 Å². The van der Waals surface area contributed by atoms with E-state index in [2.05, 4.69) is 15.4 Å². The Bertz CT molecular complexity index is 1310. The lowest BCUT2D eigenvalue weighted by atomic mass is 9.99. The molecule has 9 nitrogen and oxygen atoms in total. The molecule has 0 aliphatic carbocycles. The van der Waals surface area contributed by atoms with E-state index >= 15 is 0 Å². The fourth-order valence-electron chi connectivity index (χ4n) is 4.30. The maximum Gasteiger partial charge on any atom is 0.437 e. The standard InChI is InChI=1S/C25H27F2N5O4/c1-14(2)18-9-10-19(28-23(18)27)22(16-7-5-4-6-8-16)29-24(34)20-11-17(26)12-31(20)21(33)13-32-25(35)36-15(3)30-32/h4-10,14,17,20,22H,11-13H2,1-3H3,(H,29,34)/t17-,20+,22+/m1/s1. The molecule has 3 aromatic rings. The molecule has 1 aromatic carbocycles.